The average molecular weight is 510 g/mol. The van der Waals surface area contributed by atoms with Gasteiger partial charge in [-0.1, -0.05) is 18.2 Å². The van der Waals surface area contributed by atoms with Gasteiger partial charge in [-0.3, -0.25) is 0 Å². The Balaban J connectivity index is 1.34. The zero-order chi connectivity index (χ0) is 26.4. The predicted octanol–water partition coefficient (Wildman–Crippen LogP) is 5.04. The Morgan fingerprint density at radius 1 is 1.16 bits per heavy atom. The van der Waals surface area contributed by atoms with E-state index in [9.17, 15) is 13.6 Å². The molecule has 0 spiro atoms. The van der Waals surface area contributed by atoms with Gasteiger partial charge in [-0.2, -0.15) is 0 Å². The highest BCUT2D eigenvalue weighted by Gasteiger charge is 2.26. The number of halogens is 2. The Kier molecular flexibility index (Phi) is 8.84. The Morgan fingerprint density at radius 3 is 2.68 bits per heavy atom. The highest BCUT2D eigenvalue weighted by molar-refractivity contribution is 6.03. The van der Waals surface area contributed by atoms with Gasteiger partial charge in [-0.25, -0.2) is 18.6 Å². The van der Waals surface area contributed by atoms with Crippen molar-refractivity contribution in [3.05, 3.63) is 76.9 Å². The predicted molar refractivity (Wildman–Crippen MR) is 140 cm³/mol. The van der Waals surface area contributed by atoms with Crippen LogP contribution in [0.3, 0.4) is 0 Å². The molecule has 0 radical (unpaired) electrons. The van der Waals surface area contributed by atoms with Crippen LogP contribution >= 0.6 is 0 Å². The van der Waals surface area contributed by atoms with Gasteiger partial charge in [0.2, 0.25) is 5.88 Å². The van der Waals surface area contributed by atoms with Gasteiger partial charge in [0.15, 0.2) is 0 Å². The molecule has 8 heteroatoms. The van der Waals surface area contributed by atoms with E-state index in [0.29, 0.717) is 41.9 Å². The molecule has 0 unspecified atom stereocenters. The van der Waals surface area contributed by atoms with Gasteiger partial charge >= 0.3 is 5.97 Å². The van der Waals surface area contributed by atoms with Crippen LogP contribution in [0.4, 0.5) is 8.78 Å². The van der Waals surface area contributed by atoms with Crippen LogP contribution in [0, 0.1) is 17.6 Å². The first kappa shape index (κ1) is 26.7. The number of carbonyl (C=O) groups is 1. The summed E-state index contributed by atoms with van der Waals surface area (Å²) in [6.45, 7) is 0.583. The Hall–Kier alpha value is -3.36. The molecule has 1 aliphatic rings. The number of benzene rings is 2. The van der Waals surface area contributed by atoms with Crippen molar-refractivity contribution in [2.24, 2.45) is 11.7 Å². The molecule has 0 amide bonds. The third kappa shape index (κ3) is 6.50. The minimum atomic E-state index is -0.454. The van der Waals surface area contributed by atoms with Crippen LogP contribution in [0.5, 0.6) is 5.88 Å². The summed E-state index contributed by atoms with van der Waals surface area (Å²) in [6.07, 6.45) is 7.95. The molecule has 6 nitrogen and oxygen atoms in total. The van der Waals surface area contributed by atoms with Crippen molar-refractivity contribution >= 4 is 22.9 Å². The molecule has 3 aromatic rings. The summed E-state index contributed by atoms with van der Waals surface area (Å²) in [5.74, 6) is -0.431. The second-order valence-corrected chi connectivity index (χ2v) is 9.48. The van der Waals surface area contributed by atoms with E-state index in [1.807, 2.05) is 18.2 Å². The molecule has 1 aromatic heterocycles. The van der Waals surface area contributed by atoms with Crippen molar-refractivity contribution in [1.82, 2.24) is 10.3 Å². The Labute approximate surface area is 215 Å². The summed E-state index contributed by atoms with van der Waals surface area (Å²) in [6, 6.07) is 11.0. The van der Waals surface area contributed by atoms with E-state index in [0.717, 1.165) is 48.8 Å². The molecule has 4 rings (SSSR count). The fourth-order valence-corrected chi connectivity index (χ4v) is 5.07. The number of methoxy groups -OCH3 is 2. The molecule has 1 fully saturated rings. The molecular formula is C29H33F2N3O3. The lowest BCUT2D eigenvalue weighted by atomic mass is 9.80. The standard InChI is InChI=1S/C29H33F2N3O3/c1-36-28-20(16-24-23(29(35)37-2)6-3-7-27(24)34-28)17-26(32)18-8-11-22(12-9-18)33-14-4-5-19-15-21(30)10-13-25(19)31/h3-7,10,13,15-16,18,22,26,33H,8-9,11-12,14,17,32H2,1-2H3/b5-4+/t18-,22-,26-/m0/s1. The first-order valence-corrected chi connectivity index (χ1v) is 12.5. The summed E-state index contributed by atoms with van der Waals surface area (Å²) in [7, 11) is 2.95. The second kappa shape index (κ2) is 12.3. The Bertz CT molecular complexity index is 1270. The average Bonchev–Trinajstić information content (AvgIpc) is 2.92. The van der Waals surface area contributed by atoms with Crippen LogP contribution in [0.2, 0.25) is 0 Å². The van der Waals surface area contributed by atoms with Crippen LogP contribution in [0.25, 0.3) is 17.0 Å². The molecule has 0 aliphatic heterocycles. The second-order valence-electron chi connectivity index (χ2n) is 9.48. The van der Waals surface area contributed by atoms with Crippen molar-refractivity contribution in [3.8, 4) is 5.88 Å². The lowest BCUT2D eigenvalue weighted by molar-refractivity contribution is 0.0603. The minimum absolute atomic E-state index is 0.0739. The van der Waals surface area contributed by atoms with Crippen molar-refractivity contribution in [2.45, 2.75) is 44.2 Å². The number of nitrogens with zero attached hydrogens (tertiary/aromatic N) is 1. The summed E-state index contributed by atoms with van der Waals surface area (Å²) < 4.78 is 37.5. The number of hydrogen-bond acceptors (Lipinski definition) is 6. The number of nitrogens with two attached hydrogens (primary N) is 1. The molecule has 0 saturated heterocycles. The number of fused-ring (bicyclic) bond motifs is 1. The molecule has 2 aromatic carbocycles. The van der Waals surface area contributed by atoms with E-state index < -0.39 is 17.6 Å². The van der Waals surface area contributed by atoms with Gasteiger partial charge in [0, 0.05) is 35.1 Å². The van der Waals surface area contributed by atoms with E-state index in [1.54, 1.807) is 25.3 Å². The fourth-order valence-electron chi connectivity index (χ4n) is 5.07. The van der Waals surface area contributed by atoms with Crippen molar-refractivity contribution in [1.29, 1.82) is 0 Å². The van der Waals surface area contributed by atoms with Crippen molar-refractivity contribution < 1.29 is 23.0 Å². The Morgan fingerprint density at radius 2 is 1.95 bits per heavy atom. The van der Waals surface area contributed by atoms with Gasteiger partial charge < -0.3 is 20.5 Å². The van der Waals surface area contributed by atoms with Crippen LogP contribution in [-0.2, 0) is 11.2 Å². The van der Waals surface area contributed by atoms with Gasteiger partial charge in [0.25, 0.3) is 0 Å². The molecule has 1 saturated carbocycles. The lowest BCUT2D eigenvalue weighted by Gasteiger charge is -2.32. The van der Waals surface area contributed by atoms with Gasteiger partial charge in [-0.05, 0) is 74.4 Å². The minimum Gasteiger partial charge on any atom is -0.481 e. The topological polar surface area (TPSA) is 86.5 Å². The molecule has 0 bridgehead atoms. The van der Waals surface area contributed by atoms with Crippen LogP contribution in [-0.4, -0.2) is 43.8 Å². The molecule has 196 valence electrons. The van der Waals surface area contributed by atoms with Gasteiger partial charge in [0.1, 0.15) is 11.6 Å². The molecule has 3 N–H and O–H groups in total. The maximum atomic E-state index is 13.7. The maximum Gasteiger partial charge on any atom is 0.338 e. The van der Waals surface area contributed by atoms with Crippen LogP contribution < -0.4 is 15.8 Å². The SMILES string of the molecule is COC(=O)c1cccc2nc(OC)c(C[C@H](N)[C@H]3CC[C@H](NC/C=C/c4cc(F)ccc4F)CC3)cc12. The molecule has 1 atom stereocenters. The number of ether oxygens (including phenoxy) is 2. The summed E-state index contributed by atoms with van der Waals surface area (Å²) in [5.41, 5.74) is 8.90. The smallest absolute Gasteiger partial charge is 0.338 e. The van der Waals surface area contributed by atoms with Crippen LogP contribution in [0.15, 0.2) is 48.5 Å². The summed E-state index contributed by atoms with van der Waals surface area (Å²) >= 11 is 0. The number of carbonyl (C=O) groups excluding carboxylic acids is 1. The number of aromatic nitrogens is 1. The quantitative estimate of drug-likeness (QED) is 0.393. The third-order valence-electron chi connectivity index (χ3n) is 7.11. The summed E-state index contributed by atoms with van der Waals surface area (Å²) in [5, 5.41) is 4.20. The first-order chi connectivity index (χ1) is 17.9. The molecular weight excluding hydrogens is 476 g/mol. The monoisotopic (exact) mass is 509 g/mol. The van der Waals surface area contributed by atoms with E-state index in [-0.39, 0.29) is 11.6 Å². The number of hydrogen-bond donors (Lipinski definition) is 2. The van der Waals surface area contributed by atoms with E-state index >= 15 is 0 Å². The largest absolute Gasteiger partial charge is 0.481 e. The molecule has 37 heavy (non-hydrogen) atoms. The fraction of sp³-hybridized carbons (Fsp3) is 0.379. The number of rotatable bonds is 9. The van der Waals surface area contributed by atoms with Crippen molar-refractivity contribution in [2.75, 3.05) is 20.8 Å². The van der Waals surface area contributed by atoms with Crippen LogP contribution in [0.1, 0.15) is 47.2 Å². The highest BCUT2D eigenvalue weighted by atomic mass is 19.1. The maximum absolute atomic E-state index is 13.7. The highest BCUT2D eigenvalue weighted by Crippen LogP contribution is 2.31. The van der Waals surface area contributed by atoms with Gasteiger partial charge in [0.05, 0.1) is 25.3 Å². The van der Waals surface area contributed by atoms with E-state index in [4.69, 9.17) is 15.2 Å². The van der Waals surface area contributed by atoms with E-state index in [2.05, 4.69) is 10.3 Å². The lowest BCUT2D eigenvalue weighted by Crippen LogP contribution is -2.39. The zero-order valence-electron chi connectivity index (χ0n) is 21.2. The number of nitrogens with one attached hydrogen (secondary N) is 1. The van der Waals surface area contributed by atoms with E-state index in [1.165, 1.54) is 13.2 Å². The third-order valence-corrected chi connectivity index (χ3v) is 7.11. The zero-order valence-corrected chi connectivity index (χ0v) is 21.2. The normalized spacial score (nSPS) is 18.7. The molecule has 1 heterocycles. The number of pyridine rings is 1. The molecule has 1 aliphatic carbocycles. The summed E-state index contributed by atoms with van der Waals surface area (Å²) in [4.78, 5) is 16.8. The number of esters is 1. The van der Waals surface area contributed by atoms with Gasteiger partial charge in [-0.15, -0.1) is 0 Å². The first-order valence-electron chi connectivity index (χ1n) is 12.5. The van der Waals surface area contributed by atoms with Crippen molar-refractivity contribution in [3.63, 3.8) is 0 Å².